The largest absolute Gasteiger partial charge is 0.467 e. The summed E-state index contributed by atoms with van der Waals surface area (Å²) in [6.07, 6.45) is 1.43. The second kappa shape index (κ2) is 8.26. The third-order valence-electron chi connectivity index (χ3n) is 6.87. The van der Waals surface area contributed by atoms with Crippen LogP contribution in [0.15, 0.2) is 18.2 Å². The molecule has 2 N–H and O–H groups in total. The Hall–Kier alpha value is -3.27. The monoisotopic (exact) mass is 455 g/mol. The van der Waals surface area contributed by atoms with Crippen LogP contribution in [0.25, 0.3) is 16.7 Å². The molecule has 0 spiro atoms. The molecule has 33 heavy (non-hydrogen) atoms. The Morgan fingerprint density at radius 3 is 2.52 bits per heavy atom. The minimum absolute atomic E-state index is 0.0968. The Balaban J connectivity index is 1.55. The number of nitrogens with zero attached hydrogens (tertiary/aromatic N) is 5. The lowest BCUT2D eigenvalue weighted by atomic mass is 9.80. The van der Waals surface area contributed by atoms with Crippen LogP contribution in [0.2, 0.25) is 0 Å². The summed E-state index contributed by atoms with van der Waals surface area (Å²) in [5.41, 5.74) is 3.35. The minimum Gasteiger partial charge on any atom is -0.467 e. The number of aromatic nitrogens is 4. The van der Waals surface area contributed by atoms with Crippen LogP contribution in [0.5, 0.6) is 6.01 Å². The number of fused-ring (bicyclic) bond motifs is 1. The molecule has 1 aliphatic heterocycles. The van der Waals surface area contributed by atoms with Crippen molar-refractivity contribution in [2.75, 3.05) is 20.2 Å². The second-order valence-electron chi connectivity index (χ2n) is 8.93. The van der Waals surface area contributed by atoms with Crippen molar-refractivity contribution in [1.82, 2.24) is 24.6 Å². The Bertz CT molecular complexity index is 1220. The average molecular weight is 455 g/mol. The van der Waals surface area contributed by atoms with Crippen LogP contribution in [0.3, 0.4) is 0 Å². The second-order valence-corrected chi connectivity index (χ2v) is 8.93. The van der Waals surface area contributed by atoms with Gasteiger partial charge in [-0.15, -0.1) is 5.10 Å². The van der Waals surface area contributed by atoms with Gasteiger partial charge >= 0.3 is 12.1 Å². The predicted octanol–water partition coefficient (Wildman–Crippen LogP) is 3.37. The first-order valence-electron chi connectivity index (χ1n) is 11.1. The number of amides is 1. The number of likely N-dealkylation sites (tertiary alicyclic amines) is 1. The molecule has 0 atom stereocenters. The van der Waals surface area contributed by atoms with Gasteiger partial charge in [-0.05, 0) is 61.8 Å². The number of benzene rings is 1. The van der Waals surface area contributed by atoms with Crippen LogP contribution in [0.4, 0.5) is 9.18 Å². The molecule has 2 aliphatic rings. The third-order valence-corrected chi connectivity index (χ3v) is 6.87. The van der Waals surface area contributed by atoms with Crippen LogP contribution in [-0.4, -0.2) is 67.3 Å². The normalized spacial score (nSPS) is 21.3. The van der Waals surface area contributed by atoms with Gasteiger partial charge in [0.15, 0.2) is 5.82 Å². The first-order chi connectivity index (χ1) is 15.8. The van der Waals surface area contributed by atoms with Gasteiger partial charge in [0.2, 0.25) is 5.95 Å². The number of aliphatic hydroxyl groups excluding tert-OH is 1. The molecule has 1 saturated carbocycles. The summed E-state index contributed by atoms with van der Waals surface area (Å²) in [6, 6.07) is 5.69. The SMILES string of the molecule is COc1nc(C2CC(O)C2)cc(-n2nc(F)c3cc(C)c(C4CCN(C(=O)O)CC4)cc32)n1. The summed E-state index contributed by atoms with van der Waals surface area (Å²) in [5, 5.41) is 23.4. The molecule has 5 rings (SSSR count). The molecule has 1 saturated heterocycles. The molecule has 3 heterocycles. The van der Waals surface area contributed by atoms with E-state index in [1.807, 2.05) is 13.0 Å². The minimum atomic E-state index is -0.895. The summed E-state index contributed by atoms with van der Waals surface area (Å²) in [7, 11) is 1.48. The van der Waals surface area contributed by atoms with Crippen molar-refractivity contribution in [2.24, 2.45) is 0 Å². The molecule has 3 aromatic rings. The lowest BCUT2D eigenvalue weighted by Crippen LogP contribution is -2.36. The van der Waals surface area contributed by atoms with Crippen LogP contribution in [-0.2, 0) is 0 Å². The molecular weight excluding hydrogens is 429 g/mol. The predicted molar refractivity (Wildman–Crippen MR) is 117 cm³/mol. The topological polar surface area (TPSA) is 114 Å². The molecule has 1 aromatic carbocycles. The van der Waals surface area contributed by atoms with E-state index in [0.29, 0.717) is 55.5 Å². The maximum absolute atomic E-state index is 14.8. The molecule has 1 aliphatic carbocycles. The first kappa shape index (κ1) is 21.6. The Labute approximate surface area is 189 Å². The van der Waals surface area contributed by atoms with Gasteiger partial charge in [0.25, 0.3) is 0 Å². The first-order valence-corrected chi connectivity index (χ1v) is 11.1. The van der Waals surface area contributed by atoms with Crippen molar-refractivity contribution in [2.45, 2.75) is 50.5 Å². The smallest absolute Gasteiger partial charge is 0.407 e. The number of aryl methyl sites for hydroxylation is 1. The summed E-state index contributed by atoms with van der Waals surface area (Å²) >= 11 is 0. The van der Waals surface area contributed by atoms with Gasteiger partial charge < -0.3 is 19.8 Å². The molecular formula is C23H26FN5O4. The summed E-state index contributed by atoms with van der Waals surface area (Å²) in [6.45, 7) is 2.90. The van der Waals surface area contributed by atoms with Gasteiger partial charge in [-0.2, -0.15) is 14.4 Å². The number of aliphatic hydroxyl groups is 1. The lowest BCUT2D eigenvalue weighted by molar-refractivity contribution is 0.0729. The highest BCUT2D eigenvalue weighted by Crippen LogP contribution is 2.38. The molecule has 2 fully saturated rings. The van der Waals surface area contributed by atoms with Crippen molar-refractivity contribution in [3.63, 3.8) is 0 Å². The van der Waals surface area contributed by atoms with Crippen molar-refractivity contribution >= 4 is 17.0 Å². The average Bonchev–Trinajstić information content (AvgIpc) is 3.11. The zero-order valence-electron chi connectivity index (χ0n) is 18.5. The van der Waals surface area contributed by atoms with Crippen molar-refractivity contribution in [1.29, 1.82) is 0 Å². The van der Waals surface area contributed by atoms with E-state index in [1.165, 1.54) is 16.7 Å². The van der Waals surface area contributed by atoms with E-state index in [9.17, 15) is 19.4 Å². The molecule has 10 heteroatoms. The van der Waals surface area contributed by atoms with E-state index in [4.69, 9.17) is 4.74 Å². The highest BCUT2D eigenvalue weighted by Gasteiger charge is 2.31. The number of piperidine rings is 1. The van der Waals surface area contributed by atoms with E-state index in [2.05, 4.69) is 15.1 Å². The van der Waals surface area contributed by atoms with E-state index in [-0.39, 0.29) is 24.0 Å². The van der Waals surface area contributed by atoms with Gasteiger partial charge in [0.1, 0.15) is 0 Å². The standard InChI is InChI=1S/C23H26FN5O4/c1-12-7-17-19(10-16(12)13-3-5-28(6-4-13)23(31)32)29(27-21(17)24)20-11-18(14-8-15(30)9-14)25-22(26-20)33-2/h7,10-11,13-15,30H,3-6,8-9H2,1-2H3,(H,31,32). The van der Waals surface area contributed by atoms with Crippen molar-refractivity contribution in [3.8, 4) is 11.8 Å². The summed E-state index contributed by atoms with van der Waals surface area (Å²) < 4.78 is 21.6. The highest BCUT2D eigenvalue weighted by atomic mass is 19.1. The number of hydrogen-bond acceptors (Lipinski definition) is 6. The number of hydrogen-bond donors (Lipinski definition) is 2. The molecule has 9 nitrogen and oxygen atoms in total. The Morgan fingerprint density at radius 2 is 1.88 bits per heavy atom. The molecule has 174 valence electrons. The summed E-state index contributed by atoms with van der Waals surface area (Å²) in [4.78, 5) is 21.5. The van der Waals surface area contributed by atoms with Crippen molar-refractivity contribution < 1.29 is 24.1 Å². The molecule has 0 unspecified atom stereocenters. The molecule has 1 amide bonds. The molecule has 0 bridgehead atoms. The molecule has 2 aromatic heterocycles. The number of methoxy groups -OCH3 is 1. The van der Waals surface area contributed by atoms with Crippen LogP contribution < -0.4 is 4.74 Å². The van der Waals surface area contributed by atoms with E-state index >= 15 is 0 Å². The highest BCUT2D eigenvalue weighted by molar-refractivity contribution is 5.82. The number of carboxylic acid groups (broad SMARTS) is 1. The lowest BCUT2D eigenvalue weighted by Gasteiger charge is -2.31. The van der Waals surface area contributed by atoms with E-state index in [1.54, 1.807) is 12.1 Å². The fourth-order valence-electron chi connectivity index (χ4n) is 4.91. The maximum atomic E-state index is 14.8. The van der Waals surface area contributed by atoms with Gasteiger partial charge in [0.05, 0.1) is 29.8 Å². The zero-order valence-corrected chi connectivity index (χ0v) is 18.5. The van der Waals surface area contributed by atoms with Crippen LogP contribution in [0, 0.1) is 12.9 Å². The van der Waals surface area contributed by atoms with Gasteiger partial charge in [-0.1, -0.05) is 0 Å². The molecule has 0 radical (unpaired) electrons. The van der Waals surface area contributed by atoms with Crippen LogP contribution in [0.1, 0.15) is 54.3 Å². The fourth-order valence-corrected chi connectivity index (χ4v) is 4.91. The zero-order chi connectivity index (χ0) is 23.3. The Morgan fingerprint density at radius 1 is 1.15 bits per heavy atom. The third kappa shape index (κ3) is 3.88. The van der Waals surface area contributed by atoms with Gasteiger partial charge in [-0.3, -0.25) is 0 Å². The quantitative estimate of drug-likeness (QED) is 0.620. The van der Waals surface area contributed by atoms with Crippen molar-refractivity contribution in [3.05, 3.63) is 41.0 Å². The maximum Gasteiger partial charge on any atom is 0.407 e. The van der Waals surface area contributed by atoms with Gasteiger partial charge in [0, 0.05) is 25.1 Å². The number of ether oxygens (including phenoxy) is 1. The van der Waals surface area contributed by atoms with E-state index < -0.39 is 12.0 Å². The fraction of sp³-hybridized carbons (Fsp3) is 0.478. The van der Waals surface area contributed by atoms with Gasteiger partial charge in [-0.25, -0.2) is 9.48 Å². The van der Waals surface area contributed by atoms with Crippen LogP contribution >= 0.6 is 0 Å². The number of carbonyl (C=O) groups is 1. The Kier molecular flexibility index (Phi) is 5.40. The number of halogens is 1. The van der Waals surface area contributed by atoms with E-state index in [0.717, 1.165) is 16.8 Å². The summed E-state index contributed by atoms with van der Waals surface area (Å²) in [5.74, 6) is 0.101. The number of rotatable bonds is 4.